The molecule has 0 heterocycles. The van der Waals surface area contributed by atoms with Crippen LogP contribution >= 0.6 is 23.2 Å². The Morgan fingerprint density at radius 3 is 2.24 bits per heavy atom. The molecule has 0 radical (unpaired) electrons. The summed E-state index contributed by atoms with van der Waals surface area (Å²) in [5, 5.41) is 13.2. The van der Waals surface area contributed by atoms with E-state index in [4.69, 9.17) is 33.4 Å². The number of halogens is 2. The van der Waals surface area contributed by atoms with Crippen LogP contribution in [0, 0.1) is 5.41 Å². The van der Waals surface area contributed by atoms with Crippen molar-refractivity contribution in [2.45, 2.75) is 0 Å². The number of urea groups is 1. The maximum absolute atomic E-state index is 11.1. The zero-order valence-corrected chi connectivity index (χ0v) is 13.2. The van der Waals surface area contributed by atoms with Crippen LogP contribution < -0.4 is 15.5 Å². The van der Waals surface area contributed by atoms with Crippen molar-refractivity contribution in [3.63, 3.8) is 0 Å². The third-order valence-electron chi connectivity index (χ3n) is 2.16. The van der Waals surface area contributed by atoms with Crippen molar-refractivity contribution in [2.24, 2.45) is 4.99 Å². The lowest BCUT2D eigenvalue weighted by molar-refractivity contribution is 0.247. The predicted octanol–water partition coefficient (Wildman–Crippen LogP) is 2.25. The lowest BCUT2D eigenvalue weighted by Gasteiger charge is -2.22. The maximum Gasteiger partial charge on any atom is 0.321 e. The van der Waals surface area contributed by atoms with E-state index in [2.05, 4.69) is 15.6 Å². The van der Waals surface area contributed by atoms with Crippen molar-refractivity contribution in [1.82, 2.24) is 10.6 Å². The van der Waals surface area contributed by atoms with Gasteiger partial charge in [-0.1, -0.05) is 29.3 Å². The molecule has 0 aromatic heterocycles. The number of amides is 2. The first-order chi connectivity index (χ1) is 9.88. The fourth-order valence-corrected chi connectivity index (χ4v) is 1.83. The van der Waals surface area contributed by atoms with Crippen LogP contribution in [-0.4, -0.2) is 39.2 Å². The summed E-state index contributed by atoms with van der Waals surface area (Å²) in [7, 11) is 4.43. The number of nitrogens with zero attached hydrogens (tertiary/aromatic N) is 2. The number of isocyanates is 1. The van der Waals surface area contributed by atoms with Gasteiger partial charge in [-0.3, -0.25) is 10.7 Å². The molecular formula is C12H15Cl2N5O2. The van der Waals surface area contributed by atoms with Crippen LogP contribution in [0.15, 0.2) is 23.2 Å². The molecule has 9 heteroatoms. The molecule has 0 fully saturated rings. The number of carbonyl (C=O) groups excluding carboxylic acids is 2. The minimum absolute atomic E-state index is 0.126. The molecule has 3 N–H and O–H groups in total. The molecule has 0 unspecified atom stereocenters. The van der Waals surface area contributed by atoms with Gasteiger partial charge in [-0.15, -0.1) is 0 Å². The average molecular weight is 332 g/mol. The lowest BCUT2D eigenvalue weighted by atomic mass is 10.3. The van der Waals surface area contributed by atoms with Gasteiger partial charge < -0.3 is 10.2 Å². The summed E-state index contributed by atoms with van der Waals surface area (Å²) in [5.41, 5.74) is 0.470. The fraction of sp³-hybridized carbons (Fsp3) is 0.250. The fourth-order valence-electron chi connectivity index (χ4n) is 1.18. The highest BCUT2D eigenvalue weighted by Gasteiger charge is 2.15. The van der Waals surface area contributed by atoms with Crippen molar-refractivity contribution >= 4 is 47.0 Å². The average Bonchev–Trinajstić information content (AvgIpc) is 2.46. The molecule has 21 heavy (non-hydrogen) atoms. The van der Waals surface area contributed by atoms with Gasteiger partial charge in [0, 0.05) is 21.1 Å². The minimum atomic E-state index is -0.481. The quantitative estimate of drug-likeness (QED) is 0.418. The molecule has 0 aliphatic carbocycles. The van der Waals surface area contributed by atoms with Crippen LogP contribution in [0.5, 0.6) is 0 Å². The molecule has 0 aliphatic rings. The zero-order valence-electron chi connectivity index (χ0n) is 11.7. The Morgan fingerprint density at radius 2 is 1.86 bits per heavy atom. The van der Waals surface area contributed by atoms with E-state index in [1.807, 2.05) is 0 Å². The molecule has 114 valence electrons. The van der Waals surface area contributed by atoms with Crippen LogP contribution in [0.3, 0.4) is 0 Å². The first-order valence-corrected chi connectivity index (χ1v) is 6.35. The van der Waals surface area contributed by atoms with Crippen LogP contribution in [-0.2, 0) is 4.79 Å². The first-order valence-electron chi connectivity index (χ1n) is 5.60. The molecule has 1 aromatic rings. The molecule has 0 bridgehead atoms. The number of hydrogen-bond donors (Lipinski definition) is 3. The second-order valence-corrected chi connectivity index (χ2v) is 4.31. The predicted molar refractivity (Wildman–Crippen MR) is 84.2 cm³/mol. The van der Waals surface area contributed by atoms with Crippen molar-refractivity contribution < 1.29 is 9.59 Å². The molecule has 0 saturated carbocycles. The van der Waals surface area contributed by atoms with Crippen LogP contribution in [0.25, 0.3) is 0 Å². The topological polar surface area (TPSA) is 97.6 Å². The van der Waals surface area contributed by atoms with E-state index in [0.717, 1.165) is 0 Å². The number of guanidine groups is 1. The van der Waals surface area contributed by atoms with Gasteiger partial charge in [0.25, 0.3) is 0 Å². The Kier molecular flexibility index (Phi) is 8.80. The number of carbonyl (C=O) groups is 1. The molecule has 7 nitrogen and oxygen atoms in total. The summed E-state index contributed by atoms with van der Waals surface area (Å²) in [6.07, 6.45) is 1.31. The summed E-state index contributed by atoms with van der Waals surface area (Å²) >= 11 is 12.0. The molecule has 1 rings (SSSR count). The molecule has 0 spiro atoms. The molecule has 0 atom stereocenters. The monoisotopic (exact) mass is 331 g/mol. The Morgan fingerprint density at radius 1 is 1.38 bits per heavy atom. The second-order valence-electron chi connectivity index (χ2n) is 3.50. The van der Waals surface area contributed by atoms with Crippen LogP contribution in [0.1, 0.15) is 0 Å². The summed E-state index contributed by atoms with van der Waals surface area (Å²) in [6, 6.07) is 4.54. The highest BCUT2D eigenvalue weighted by Crippen LogP contribution is 2.32. The highest BCUT2D eigenvalue weighted by molar-refractivity contribution is 6.40. The first kappa shape index (κ1) is 18.9. The zero-order chi connectivity index (χ0) is 16.4. The van der Waals surface area contributed by atoms with Gasteiger partial charge in [-0.05, 0) is 12.1 Å². The minimum Gasteiger partial charge on any atom is -0.341 e. The Balaban J connectivity index is 0.000000885. The smallest absolute Gasteiger partial charge is 0.321 e. The van der Waals surface area contributed by atoms with Crippen molar-refractivity contribution in [3.05, 3.63) is 28.2 Å². The van der Waals surface area contributed by atoms with Crippen molar-refractivity contribution in [3.8, 4) is 0 Å². The van der Waals surface area contributed by atoms with Crippen LogP contribution in [0.2, 0.25) is 10.0 Å². The number of hydrogen-bond acceptors (Lipinski definition) is 4. The van der Waals surface area contributed by atoms with E-state index < -0.39 is 6.03 Å². The van der Waals surface area contributed by atoms with Crippen LogP contribution in [0.4, 0.5) is 10.5 Å². The van der Waals surface area contributed by atoms with Gasteiger partial charge in [0.1, 0.15) is 0 Å². The normalized spacial score (nSPS) is 8.62. The lowest BCUT2D eigenvalue weighted by Crippen LogP contribution is -2.45. The van der Waals surface area contributed by atoms with Gasteiger partial charge in [-0.25, -0.2) is 14.6 Å². The van der Waals surface area contributed by atoms with E-state index in [0.29, 0.717) is 15.7 Å². The second kappa shape index (κ2) is 9.77. The number of rotatable bonds is 1. The number of aliphatic imine (C=N–C) groups is 1. The molecule has 2 amide bonds. The number of para-hydroxylation sites is 1. The van der Waals surface area contributed by atoms with Gasteiger partial charge in [0.2, 0.25) is 12.0 Å². The van der Waals surface area contributed by atoms with Crippen molar-refractivity contribution in [1.29, 1.82) is 5.41 Å². The number of anilines is 1. The van der Waals surface area contributed by atoms with E-state index in [-0.39, 0.29) is 5.96 Å². The highest BCUT2D eigenvalue weighted by atomic mass is 35.5. The standard InChI is InChI=1S/C10H12Cl2N4O.C2H3NO/c1-14-10(17)15-9(13)16(2)8-6(11)4-3-5-7(8)12;1-3-2-4/h3-5H,1-2H3,(H3,13,14,15,17);1H3. The van der Waals surface area contributed by atoms with E-state index in [1.165, 1.54) is 25.1 Å². The van der Waals surface area contributed by atoms with Gasteiger partial charge in [0.05, 0.1) is 15.7 Å². The largest absolute Gasteiger partial charge is 0.341 e. The molecule has 1 aromatic carbocycles. The van der Waals surface area contributed by atoms with Gasteiger partial charge >= 0.3 is 6.03 Å². The van der Waals surface area contributed by atoms with Crippen molar-refractivity contribution in [2.75, 3.05) is 26.0 Å². The number of nitrogens with one attached hydrogen (secondary N) is 3. The third kappa shape index (κ3) is 6.27. The molecule has 0 saturated heterocycles. The summed E-state index contributed by atoms with van der Waals surface area (Å²) < 4.78 is 0. The summed E-state index contributed by atoms with van der Waals surface area (Å²) in [5.74, 6) is -0.126. The Hall–Kier alpha value is -2.08. The Labute approximate surface area is 132 Å². The third-order valence-corrected chi connectivity index (χ3v) is 2.77. The Bertz CT molecular complexity index is 538. The van der Waals surface area contributed by atoms with Gasteiger partial charge in [-0.2, -0.15) is 0 Å². The summed E-state index contributed by atoms with van der Waals surface area (Å²) in [6.45, 7) is 0. The van der Waals surface area contributed by atoms with E-state index >= 15 is 0 Å². The van der Waals surface area contributed by atoms with Gasteiger partial charge in [0.15, 0.2) is 0 Å². The van der Waals surface area contributed by atoms with E-state index in [1.54, 1.807) is 25.2 Å². The SMILES string of the molecule is CN=C=O.CNC(=O)NC(=N)N(C)c1c(Cl)cccc1Cl. The molecular weight excluding hydrogens is 317 g/mol. The number of benzene rings is 1. The van der Waals surface area contributed by atoms with E-state index in [9.17, 15) is 4.79 Å². The molecule has 0 aliphatic heterocycles. The maximum atomic E-state index is 11.1. The summed E-state index contributed by atoms with van der Waals surface area (Å²) in [4.78, 5) is 24.3.